The summed E-state index contributed by atoms with van der Waals surface area (Å²) in [7, 11) is -0.791. The number of nitrogens with one attached hydrogen (secondary N) is 2. The first-order valence-corrected chi connectivity index (χ1v) is 12.4. The Morgan fingerprint density at radius 3 is 2.46 bits per heavy atom. The van der Waals surface area contributed by atoms with E-state index in [4.69, 9.17) is 9.47 Å². The van der Waals surface area contributed by atoms with E-state index in [1.165, 1.54) is 23.5 Å². The molecule has 1 aliphatic heterocycles. The van der Waals surface area contributed by atoms with Gasteiger partial charge in [-0.2, -0.15) is 0 Å². The summed E-state index contributed by atoms with van der Waals surface area (Å²) in [5, 5.41) is 5.53. The van der Waals surface area contributed by atoms with E-state index >= 15 is 0 Å². The minimum absolute atomic E-state index is 0.0118. The number of sulfonamides is 1. The fourth-order valence-corrected chi connectivity index (χ4v) is 5.48. The first-order chi connectivity index (χ1) is 16.8. The van der Waals surface area contributed by atoms with Crippen molar-refractivity contribution in [3.05, 3.63) is 77.6 Å². The number of carbonyl (C=O) groups excluding carboxylic acids is 1. The second-order valence-electron chi connectivity index (χ2n) is 7.98. The van der Waals surface area contributed by atoms with Crippen molar-refractivity contribution in [3.63, 3.8) is 0 Å². The Labute approximate surface area is 203 Å². The molecule has 2 N–H and O–H groups in total. The van der Waals surface area contributed by atoms with Gasteiger partial charge in [0.25, 0.3) is 10.0 Å². The highest BCUT2D eigenvalue weighted by atomic mass is 32.2. The summed E-state index contributed by atoms with van der Waals surface area (Å²) in [6.07, 6.45) is 1.38. The summed E-state index contributed by atoms with van der Waals surface area (Å²) in [5.41, 5.74) is 2.63. The molecule has 0 aliphatic carbocycles. The van der Waals surface area contributed by atoms with Crippen LogP contribution < -0.4 is 24.4 Å². The predicted molar refractivity (Wildman–Crippen MR) is 131 cm³/mol. The third-order valence-electron chi connectivity index (χ3n) is 5.72. The maximum Gasteiger partial charge on any atom is 0.319 e. The third kappa shape index (κ3) is 5.32. The van der Waals surface area contributed by atoms with Gasteiger partial charge in [0.15, 0.2) is 11.5 Å². The van der Waals surface area contributed by atoms with Crippen molar-refractivity contribution in [2.75, 3.05) is 30.4 Å². The van der Waals surface area contributed by atoms with E-state index < -0.39 is 21.9 Å². The highest BCUT2D eigenvalue weighted by molar-refractivity contribution is 7.92. The van der Waals surface area contributed by atoms with Gasteiger partial charge in [0.05, 0.1) is 24.8 Å². The quantitative estimate of drug-likeness (QED) is 0.505. The summed E-state index contributed by atoms with van der Waals surface area (Å²) in [6, 6.07) is 14.9. The Morgan fingerprint density at radius 1 is 1.00 bits per heavy atom. The molecule has 35 heavy (non-hydrogen) atoms. The van der Waals surface area contributed by atoms with Gasteiger partial charge in [-0.15, -0.1) is 0 Å². The maximum absolute atomic E-state index is 13.3. The van der Waals surface area contributed by atoms with E-state index in [2.05, 4.69) is 10.6 Å². The van der Waals surface area contributed by atoms with Gasteiger partial charge in [-0.1, -0.05) is 12.1 Å². The Bertz CT molecular complexity index is 1330. The Hall–Kier alpha value is -3.79. The molecular formula is C25H26FN3O5S. The van der Waals surface area contributed by atoms with Crippen molar-refractivity contribution in [2.24, 2.45) is 0 Å². The molecular weight excluding hydrogens is 473 g/mol. The summed E-state index contributed by atoms with van der Waals surface area (Å²) >= 11 is 0. The van der Waals surface area contributed by atoms with Crippen LogP contribution in [0.2, 0.25) is 0 Å². The van der Waals surface area contributed by atoms with Crippen molar-refractivity contribution in [1.82, 2.24) is 5.32 Å². The number of benzene rings is 3. The van der Waals surface area contributed by atoms with Crippen molar-refractivity contribution in [3.8, 4) is 11.5 Å². The monoisotopic (exact) mass is 499 g/mol. The van der Waals surface area contributed by atoms with Gasteiger partial charge in [0, 0.05) is 18.8 Å². The first-order valence-electron chi connectivity index (χ1n) is 11.0. The van der Waals surface area contributed by atoms with Gasteiger partial charge in [0.2, 0.25) is 0 Å². The molecule has 184 valence electrons. The van der Waals surface area contributed by atoms with E-state index in [0.717, 1.165) is 29.7 Å². The topological polar surface area (TPSA) is 97.0 Å². The molecule has 3 aromatic rings. The van der Waals surface area contributed by atoms with E-state index in [1.807, 2.05) is 12.1 Å². The van der Waals surface area contributed by atoms with Gasteiger partial charge < -0.3 is 20.1 Å². The molecule has 0 spiro atoms. The molecule has 0 saturated heterocycles. The van der Waals surface area contributed by atoms with E-state index in [-0.39, 0.29) is 11.4 Å². The van der Waals surface area contributed by atoms with Crippen LogP contribution in [-0.2, 0) is 23.0 Å². The third-order valence-corrected chi connectivity index (χ3v) is 7.55. The standard InChI is InChI=1S/C25H26FN3O5S/c1-33-23-12-5-17(14-24(23)34-2)16-27-25(30)28-20-9-6-18-4-3-13-29(22(18)15-20)35(31,32)21-10-7-19(26)8-11-21/h5-12,14-15H,3-4,13,16H2,1-2H3,(H2,27,28,30). The predicted octanol–water partition coefficient (Wildman–Crippen LogP) is 4.31. The molecule has 3 aromatic carbocycles. The lowest BCUT2D eigenvalue weighted by atomic mass is 10.0. The number of aryl methyl sites for hydroxylation is 1. The van der Waals surface area contributed by atoms with Crippen LogP contribution in [0.5, 0.6) is 11.5 Å². The van der Waals surface area contributed by atoms with E-state index in [1.54, 1.807) is 31.4 Å². The Balaban J connectivity index is 1.49. The average Bonchev–Trinajstić information content (AvgIpc) is 2.87. The second kappa shape index (κ2) is 10.2. The smallest absolute Gasteiger partial charge is 0.319 e. The molecule has 4 rings (SSSR count). The van der Waals surface area contributed by atoms with Crippen molar-refractivity contribution >= 4 is 27.4 Å². The number of amides is 2. The lowest BCUT2D eigenvalue weighted by Crippen LogP contribution is -2.35. The summed E-state index contributed by atoms with van der Waals surface area (Å²) < 4.78 is 51.6. The number of nitrogens with zero attached hydrogens (tertiary/aromatic N) is 1. The molecule has 1 heterocycles. The SMILES string of the molecule is COc1ccc(CNC(=O)Nc2ccc3c(c2)N(S(=O)(=O)c2ccc(F)cc2)CCC3)cc1OC. The number of halogens is 1. The first kappa shape index (κ1) is 24.3. The number of fused-ring (bicyclic) bond motifs is 1. The summed E-state index contributed by atoms with van der Waals surface area (Å²) in [4.78, 5) is 12.5. The van der Waals surface area contributed by atoms with Crippen LogP contribution in [0.1, 0.15) is 17.5 Å². The molecule has 2 amide bonds. The summed E-state index contributed by atoms with van der Waals surface area (Å²) in [5.74, 6) is 0.646. The fourth-order valence-electron chi connectivity index (χ4n) is 3.95. The number of anilines is 2. The van der Waals surface area contributed by atoms with Crippen molar-refractivity contribution < 1.29 is 27.1 Å². The second-order valence-corrected chi connectivity index (χ2v) is 9.84. The maximum atomic E-state index is 13.3. The van der Waals surface area contributed by atoms with Gasteiger partial charge in [0.1, 0.15) is 5.82 Å². The number of urea groups is 1. The molecule has 10 heteroatoms. The number of hydrogen-bond donors (Lipinski definition) is 2. The molecule has 0 aromatic heterocycles. The number of hydrogen-bond acceptors (Lipinski definition) is 5. The number of ether oxygens (including phenoxy) is 2. The van der Waals surface area contributed by atoms with E-state index in [0.29, 0.717) is 35.8 Å². The lowest BCUT2D eigenvalue weighted by molar-refractivity contribution is 0.251. The molecule has 1 aliphatic rings. The Morgan fingerprint density at radius 2 is 1.74 bits per heavy atom. The molecule has 0 saturated carbocycles. The van der Waals surface area contributed by atoms with Gasteiger partial charge in [-0.3, -0.25) is 4.31 Å². The van der Waals surface area contributed by atoms with Gasteiger partial charge in [-0.25, -0.2) is 17.6 Å². The minimum Gasteiger partial charge on any atom is -0.493 e. The van der Waals surface area contributed by atoms with E-state index in [9.17, 15) is 17.6 Å². The van der Waals surface area contributed by atoms with Crippen LogP contribution in [0, 0.1) is 5.82 Å². The average molecular weight is 500 g/mol. The molecule has 0 fully saturated rings. The highest BCUT2D eigenvalue weighted by Crippen LogP contribution is 2.34. The Kier molecular flexibility index (Phi) is 7.11. The van der Waals surface area contributed by atoms with Crippen LogP contribution in [0.3, 0.4) is 0 Å². The molecule has 0 bridgehead atoms. The largest absolute Gasteiger partial charge is 0.493 e. The van der Waals surface area contributed by atoms with Crippen molar-refractivity contribution in [2.45, 2.75) is 24.3 Å². The highest BCUT2D eigenvalue weighted by Gasteiger charge is 2.29. The van der Waals surface area contributed by atoms with Crippen LogP contribution in [0.25, 0.3) is 0 Å². The summed E-state index contributed by atoms with van der Waals surface area (Å²) in [6.45, 7) is 0.545. The zero-order valence-corrected chi connectivity index (χ0v) is 20.2. The van der Waals surface area contributed by atoms with Gasteiger partial charge in [-0.05, 0) is 72.5 Å². The molecule has 8 nitrogen and oxygen atoms in total. The molecule has 0 atom stereocenters. The number of carbonyl (C=O) groups is 1. The fraction of sp³-hybridized carbons (Fsp3) is 0.240. The zero-order chi connectivity index (χ0) is 25.0. The number of methoxy groups -OCH3 is 2. The number of rotatable bonds is 7. The van der Waals surface area contributed by atoms with Crippen LogP contribution >= 0.6 is 0 Å². The molecule has 0 unspecified atom stereocenters. The minimum atomic E-state index is -3.88. The molecule has 0 radical (unpaired) electrons. The van der Waals surface area contributed by atoms with Crippen molar-refractivity contribution in [1.29, 1.82) is 0 Å². The lowest BCUT2D eigenvalue weighted by Gasteiger charge is -2.31. The zero-order valence-electron chi connectivity index (χ0n) is 19.4. The van der Waals surface area contributed by atoms with Crippen LogP contribution in [-0.4, -0.2) is 35.2 Å². The normalized spacial score (nSPS) is 13.1. The van der Waals surface area contributed by atoms with Gasteiger partial charge >= 0.3 is 6.03 Å². The van der Waals surface area contributed by atoms with Crippen LogP contribution in [0.15, 0.2) is 65.6 Å². The van der Waals surface area contributed by atoms with Crippen LogP contribution in [0.4, 0.5) is 20.6 Å².